The van der Waals surface area contributed by atoms with E-state index in [-0.39, 0.29) is 23.2 Å². The molecule has 0 saturated heterocycles. The molecule has 0 radical (unpaired) electrons. The maximum absolute atomic E-state index is 12.9. The van der Waals surface area contributed by atoms with Crippen LogP contribution in [-0.4, -0.2) is 30.3 Å². The molecule has 3 aromatic rings. The lowest BCUT2D eigenvalue weighted by Gasteiger charge is -2.04. The molecule has 1 amide bonds. The average Bonchev–Trinajstić information content (AvgIpc) is 3.08. The van der Waals surface area contributed by atoms with Gasteiger partial charge in [-0.1, -0.05) is 28.3 Å². The molecule has 11 heteroatoms. The lowest BCUT2D eigenvalue weighted by molar-refractivity contribution is -0.115. The number of hydrogen-bond donors (Lipinski definition) is 1. The quantitative estimate of drug-likeness (QED) is 0.577. The number of benzene rings is 2. The van der Waals surface area contributed by atoms with Crippen LogP contribution >= 0.6 is 23.2 Å². The second-order valence-electron chi connectivity index (χ2n) is 5.64. The molecular formula is C17H12Cl2FN3O4S. The van der Waals surface area contributed by atoms with Gasteiger partial charge in [-0.3, -0.25) is 10.1 Å². The van der Waals surface area contributed by atoms with Gasteiger partial charge in [0.2, 0.25) is 11.8 Å². The highest BCUT2D eigenvalue weighted by atomic mass is 35.5. The average molecular weight is 444 g/mol. The molecule has 0 fully saturated rings. The number of anilines is 1. The third-order valence-corrected chi connectivity index (χ3v) is 5.72. The van der Waals surface area contributed by atoms with Crippen LogP contribution in [0.2, 0.25) is 10.0 Å². The van der Waals surface area contributed by atoms with E-state index in [9.17, 15) is 17.6 Å². The minimum absolute atomic E-state index is 0.0698. The van der Waals surface area contributed by atoms with Crippen molar-refractivity contribution >= 4 is 45.0 Å². The molecule has 146 valence electrons. The number of hydrogen-bond acceptors (Lipinski definition) is 6. The fraction of sp³-hybridized carbons (Fsp3) is 0.118. The molecule has 0 aliphatic heterocycles. The molecule has 0 unspecified atom stereocenters. The molecule has 0 saturated carbocycles. The molecule has 1 N–H and O–H groups in total. The highest BCUT2D eigenvalue weighted by Crippen LogP contribution is 2.27. The molecule has 28 heavy (non-hydrogen) atoms. The highest BCUT2D eigenvalue weighted by molar-refractivity contribution is 7.91. The Morgan fingerprint density at radius 1 is 1.07 bits per heavy atom. The van der Waals surface area contributed by atoms with Gasteiger partial charge >= 0.3 is 6.01 Å². The Morgan fingerprint density at radius 2 is 1.71 bits per heavy atom. The van der Waals surface area contributed by atoms with Crippen molar-refractivity contribution in [2.24, 2.45) is 0 Å². The van der Waals surface area contributed by atoms with Crippen LogP contribution in [-0.2, 0) is 14.6 Å². The smallest absolute Gasteiger partial charge is 0.322 e. The fourth-order valence-electron chi connectivity index (χ4n) is 2.24. The summed E-state index contributed by atoms with van der Waals surface area (Å²) in [5, 5.41) is 10.5. The molecular weight excluding hydrogens is 432 g/mol. The monoisotopic (exact) mass is 443 g/mol. The Balaban J connectivity index is 1.62. The van der Waals surface area contributed by atoms with Gasteiger partial charge in [-0.15, -0.1) is 5.10 Å². The summed E-state index contributed by atoms with van der Waals surface area (Å²) in [5.74, 6) is -1.57. The van der Waals surface area contributed by atoms with Gasteiger partial charge in [0.1, 0.15) is 5.82 Å². The summed E-state index contributed by atoms with van der Waals surface area (Å²) in [4.78, 5) is 11.9. The van der Waals surface area contributed by atoms with Gasteiger partial charge in [0.25, 0.3) is 0 Å². The minimum atomic E-state index is -3.74. The van der Waals surface area contributed by atoms with Crippen molar-refractivity contribution in [3.05, 3.63) is 58.3 Å². The summed E-state index contributed by atoms with van der Waals surface area (Å²) in [6.07, 6.45) is -0.347. The van der Waals surface area contributed by atoms with Crippen molar-refractivity contribution < 1.29 is 22.0 Å². The minimum Gasteiger partial charge on any atom is -0.403 e. The summed E-state index contributed by atoms with van der Waals surface area (Å²) in [5.41, 5.74) is 0.462. The summed E-state index contributed by atoms with van der Waals surface area (Å²) in [7, 11) is -3.74. The van der Waals surface area contributed by atoms with Crippen molar-refractivity contribution in [3.8, 4) is 11.5 Å². The third kappa shape index (κ3) is 5.06. The molecule has 0 aliphatic carbocycles. The Labute approximate surface area is 169 Å². The van der Waals surface area contributed by atoms with Crippen LogP contribution in [0.25, 0.3) is 11.5 Å². The van der Waals surface area contributed by atoms with Gasteiger partial charge in [0, 0.05) is 22.0 Å². The number of nitrogens with one attached hydrogen (secondary N) is 1. The molecule has 0 aliphatic rings. The Bertz CT molecular complexity index is 1100. The molecule has 1 aromatic heterocycles. The number of amides is 1. The van der Waals surface area contributed by atoms with E-state index in [0.29, 0.717) is 15.6 Å². The van der Waals surface area contributed by atoms with Crippen LogP contribution in [0, 0.1) is 5.82 Å². The third-order valence-electron chi connectivity index (χ3n) is 3.55. The van der Waals surface area contributed by atoms with Crippen molar-refractivity contribution in [2.45, 2.75) is 11.3 Å². The van der Waals surface area contributed by atoms with Gasteiger partial charge < -0.3 is 4.42 Å². The maximum atomic E-state index is 12.9. The molecule has 2 aromatic carbocycles. The first-order valence-corrected chi connectivity index (χ1v) is 10.2. The zero-order valence-electron chi connectivity index (χ0n) is 14.0. The summed E-state index contributed by atoms with van der Waals surface area (Å²) < 4.78 is 42.6. The SMILES string of the molecule is O=C(CCS(=O)(=O)c1ccc(F)cc1)Nc1nnc(-c2cc(Cl)cc(Cl)c2)o1. The second kappa shape index (κ2) is 8.26. The summed E-state index contributed by atoms with van der Waals surface area (Å²) in [6.45, 7) is 0. The number of nitrogens with zero attached hydrogens (tertiary/aromatic N) is 2. The summed E-state index contributed by atoms with van der Waals surface area (Å²) in [6, 6.07) is 8.81. The van der Waals surface area contributed by atoms with Crippen molar-refractivity contribution in [2.75, 3.05) is 11.1 Å². The molecule has 1 heterocycles. The fourth-order valence-corrected chi connectivity index (χ4v) is 4.00. The van der Waals surface area contributed by atoms with Gasteiger partial charge in [-0.2, -0.15) is 0 Å². The number of carbonyl (C=O) groups is 1. The van der Waals surface area contributed by atoms with Crippen molar-refractivity contribution in [1.82, 2.24) is 10.2 Å². The largest absolute Gasteiger partial charge is 0.403 e. The van der Waals surface area contributed by atoms with E-state index in [1.165, 1.54) is 6.07 Å². The van der Waals surface area contributed by atoms with Crippen LogP contribution in [0.3, 0.4) is 0 Å². The molecule has 7 nitrogen and oxygen atoms in total. The first-order chi connectivity index (χ1) is 13.2. The number of carbonyl (C=O) groups excluding carboxylic acids is 1. The molecule has 0 atom stereocenters. The number of halogens is 3. The number of sulfone groups is 1. The van der Waals surface area contributed by atoms with E-state index in [2.05, 4.69) is 15.5 Å². The van der Waals surface area contributed by atoms with Crippen LogP contribution < -0.4 is 5.32 Å². The van der Waals surface area contributed by atoms with E-state index in [0.717, 1.165) is 24.3 Å². The standard InChI is InChI=1S/C17H12Cl2FN3O4S/c18-11-7-10(8-12(19)9-11)16-22-23-17(27-16)21-15(24)5-6-28(25,26)14-3-1-13(20)2-4-14/h1-4,7-9H,5-6H2,(H,21,23,24). The Hall–Kier alpha value is -2.49. The first kappa shape index (κ1) is 20.2. The van der Waals surface area contributed by atoms with E-state index in [1.807, 2.05) is 0 Å². The normalized spacial score (nSPS) is 11.4. The second-order valence-corrected chi connectivity index (χ2v) is 8.62. The van der Waals surface area contributed by atoms with Crippen LogP contribution in [0.4, 0.5) is 10.4 Å². The highest BCUT2D eigenvalue weighted by Gasteiger charge is 2.18. The Morgan fingerprint density at radius 3 is 2.36 bits per heavy atom. The number of aromatic nitrogens is 2. The predicted molar refractivity (Wildman–Crippen MR) is 101 cm³/mol. The first-order valence-electron chi connectivity index (χ1n) is 7.81. The Kier molecular flexibility index (Phi) is 5.97. The topological polar surface area (TPSA) is 102 Å². The maximum Gasteiger partial charge on any atom is 0.322 e. The lowest BCUT2D eigenvalue weighted by Crippen LogP contribution is -2.17. The van der Waals surface area contributed by atoms with Gasteiger partial charge in [0.15, 0.2) is 9.84 Å². The zero-order valence-corrected chi connectivity index (χ0v) is 16.4. The lowest BCUT2D eigenvalue weighted by atomic mass is 10.2. The molecule has 0 spiro atoms. The van der Waals surface area contributed by atoms with E-state index >= 15 is 0 Å². The predicted octanol–water partition coefficient (Wildman–Crippen LogP) is 3.99. The zero-order chi connectivity index (χ0) is 20.3. The van der Waals surface area contributed by atoms with Gasteiger partial charge in [-0.05, 0) is 42.5 Å². The van der Waals surface area contributed by atoms with Crippen molar-refractivity contribution in [3.63, 3.8) is 0 Å². The van der Waals surface area contributed by atoms with E-state index < -0.39 is 27.3 Å². The number of rotatable bonds is 6. The van der Waals surface area contributed by atoms with Gasteiger partial charge in [0.05, 0.1) is 10.6 Å². The molecule has 3 rings (SSSR count). The van der Waals surface area contributed by atoms with E-state index in [4.69, 9.17) is 27.6 Å². The van der Waals surface area contributed by atoms with Crippen LogP contribution in [0.5, 0.6) is 0 Å². The van der Waals surface area contributed by atoms with Crippen molar-refractivity contribution in [1.29, 1.82) is 0 Å². The van der Waals surface area contributed by atoms with Gasteiger partial charge in [-0.25, -0.2) is 12.8 Å². The van der Waals surface area contributed by atoms with Crippen LogP contribution in [0.15, 0.2) is 51.8 Å². The van der Waals surface area contributed by atoms with E-state index in [1.54, 1.807) is 12.1 Å². The molecule has 0 bridgehead atoms. The van der Waals surface area contributed by atoms with Crippen LogP contribution in [0.1, 0.15) is 6.42 Å². The summed E-state index contributed by atoms with van der Waals surface area (Å²) >= 11 is 11.8.